The molecule has 0 spiro atoms. The molecule has 1 fully saturated rings. The molecule has 2 unspecified atom stereocenters. The van der Waals surface area contributed by atoms with Gasteiger partial charge in [-0.25, -0.2) is 0 Å². The second kappa shape index (κ2) is 8.31. The lowest BCUT2D eigenvalue weighted by Gasteiger charge is -2.27. The summed E-state index contributed by atoms with van der Waals surface area (Å²) in [5, 5.41) is 30.0. The highest BCUT2D eigenvalue weighted by molar-refractivity contribution is 6.02. The average Bonchev–Trinajstić information content (AvgIpc) is 3.19. The molecular weight excluding hydrogens is 374 g/mol. The quantitative estimate of drug-likeness (QED) is 0.687. The van der Waals surface area contributed by atoms with Crippen LogP contribution in [-0.2, 0) is 0 Å². The molecule has 0 radical (unpaired) electrons. The van der Waals surface area contributed by atoms with Crippen LogP contribution in [0.3, 0.4) is 0 Å². The van der Waals surface area contributed by atoms with Gasteiger partial charge in [-0.1, -0.05) is 12.1 Å². The van der Waals surface area contributed by atoms with Crippen LogP contribution in [0.1, 0.15) is 41.3 Å². The second-order valence-electron chi connectivity index (χ2n) is 7.61. The third kappa shape index (κ3) is 4.46. The fourth-order valence-electron chi connectivity index (χ4n) is 3.88. The number of hydrogen-bond acceptors (Lipinski definition) is 7. The Morgan fingerprint density at radius 1 is 1.14 bits per heavy atom. The van der Waals surface area contributed by atoms with E-state index < -0.39 is 12.2 Å². The number of phenolic OH excluding ortho intramolecular Hbond substituents is 2. The van der Waals surface area contributed by atoms with Crippen LogP contribution in [0.5, 0.6) is 23.0 Å². The predicted molar refractivity (Wildman–Crippen MR) is 106 cm³/mol. The van der Waals surface area contributed by atoms with Crippen LogP contribution in [0.25, 0.3) is 0 Å². The van der Waals surface area contributed by atoms with Crippen molar-refractivity contribution in [3.63, 3.8) is 0 Å². The number of Topliss-reactive ketones (excluding diaryl/α,β-unsaturated/α-hetero) is 1. The standard InChI is InChI=1S/C22H25NO6/c24-15-5-3-14(4-6-15)20-11-19(27)22-18(26)9-17(10-21(22)29-20)28-13-16(25)12-23-7-1-2-8-23/h3-6,9-10,16,20,24-26H,1-2,7-8,11-13H2. The molecule has 2 aromatic carbocycles. The lowest BCUT2D eigenvalue weighted by atomic mass is 9.95. The normalized spacial score (nSPS) is 20.2. The van der Waals surface area contributed by atoms with E-state index in [1.807, 2.05) is 0 Å². The van der Waals surface area contributed by atoms with Gasteiger partial charge in [-0.15, -0.1) is 0 Å². The van der Waals surface area contributed by atoms with E-state index in [1.54, 1.807) is 18.2 Å². The zero-order valence-corrected chi connectivity index (χ0v) is 16.1. The number of aliphatic hydroxyl groups is 1. The Kier molecular flexibility index (Phi) is 5.60. The molecule has 2 aliphatic heterocycles. The number of carbonyl (C=O) groups is 1. The first-order valence-corrected chi connectivity index (χ1v) is 9.88. The summed E-state index contributed by atoms with van der Waals surface area (Å²) in [6, 6.07) is 9.43. The summed E-state index contributed by atoms with van der Waals surface area (Å²) in [5.41, 5.74) is 0.902. The minimum atomic E-state index is -0.640. The average molecular weight is 399 g/mol. The summed E-state index contributed by atoms with van der Waals surface area (Å²) in [5.74, 6) is 0.310. The third-order valence-corrected chi connectivity index (χ3v) is 5.35. The van der Waals surface area contributed by atoms with Gasteiger partial charge in [0.2, 0.25) is 0 Å². The van der Waals surface area contributed by atoms with E-state index in [1.165, 1.54) is 18.2 Å². The van der Waals surface area contributed by atoms with Crippen LogP contribution in [0.15, 0.2) is 36.4 Å². The van der Waals surface area contributed by atoms with Gasteiger partial charge < -0.3 is 29.7 Å². The Balaban J connectivity index is 1.46. The number of carbonyl (C=O) groups excluding carboxylic acids is 1. The number of likely N-dealkylation sites (tertiary alicyclic amines) is 1. The van der Waals surface area contributed by atoms with Crippen molar-refractivity contribution in [1.29, 1.82) is 0 Å². The maximum Gasteiger partial charge on any atom is 0.174 e. The first kappa shape index (κ1) is 19.5. The number of benzene rings is 2. The topological polar surface area (TPSA) is 99.5 Å². The van der Waals surface area contributed by atoms with E-state index in [9.17, 15) is 20.1 Å². The molecule has 0 bridgehead atoms. The Hall–Kier alpha value is -2.77. The van der Waals surface area contributed by atoms with Gasteiger partial charge in [0.25, 0.3) is 0 Å². The van der Waals surface area contributed by atoms with Crippen LogP contribution in [0.4, 0.5) is 0 Å². The number of ether oxygens (including phenoxy) is 2. The number of hydrogen-bond donors (Lipinski definition) is 3. The molecule has 0 amide bonds. The molecule has 29 heavy (non-hydrogen) atoms. The van der Waals surface area contributed by atoms with E-state index >= 15 is 0 Å². The highest BCUT2D eigenvalue weighted by Crippen LogP contribution is 2.42. The van der Waals surface area contributed by atoms with E-state index in [0.717, 1.165) is 31.5 Å². The summed E-state index contributed by atoms with van der Waals surface area (Å²) in [4.78, 5) is 14.7. The number of ketones is 1. The van der Waals surface area contributed by atoms with Crippen molar-refractivity contribution in [3.05, 3.63) is 47.5 Å². The van der Waals surface area contributed by atoms with Crippen LogP contribution in [0.2, 0.25) is 0 Å². The molecule has 2 aromatic rings. The van der Waals surface area contributed by atoms with Crippen LogP contribution < -0.4 is 9.47 Å². The molecule has 2 aliphatic rings. The maximum atomic E-state index is 12.6. The smallest absolute Gasteiger partial charge is 0.174 e. The zero-order chi connectivity index (χ0) is 20.4. The Morgan fingerprint density at radius 2 is 1.86 bits per heavy atom. The number of fused-ring (bicyclic) bond motifs is 1. The lowest BCUT2D eigenvalue weighted by molar-refractivity contribution is 0.0747. The van der Waals surface area contributed by atoms with Gasteiger partial charge in [-0.2, -0.15) is 0 Å². The zero-order valence-electron chi connectivity index (χ0n) is 16.1. The Morgan fingerprint density at radius 3 is 2.59 bits per heavy atom. The largest absolute Gasteiger partial charge is 0.508 e. The van der Waals surface area contributed by atoms with Crippen molar-refractivity contribution in [2.45, 2.75) is 31.5 Å². The van der Waals surface area contributed by atoms with Gasteiger partial charge in [0, 0.05) is 18.7 Å². The Bertz CT molecular complexity index is 876. The van der Waals surface area contributed by atoms with Crippen molar-refractivity contribution in [3.8, 4) is 23.0 Å². The van der Waals surface area contributed by atoms with Gasteiger partial charge >= 0.3 is 0 Å². The summed E-state index contributed by atoms with van der Waals surface area (Å²) in [6.45, 7) is 2.62. The predicted octanol–water partition coefficient (Wildman–Crippen LogP) is 2.64. The second-order valence-corrected chi connectivity index (χ2v) is 7.61. The number of nitrogens with zero attached hydrogens (tertiary/aromatic N) is 1. The Labute approximate surface area is 169 Å². The van der Waals surface area contributed by atoms with Gasteiger partial charge in [0.05, 0.1) is 6.42 Å². The first-order valence-electron chi connectivity index (χ1n) is 9.88. The van der Waals surface area contributed by atoms with E-state index in [0.29, 0.717) is 12.3 Å². The van der Waals surface area contributed by atoms with Gasteiger partial charge in [0.1, 0.15) is 47.4 Å². The highest BCUT2D eigenvalue weighted by atomic mass is 16.5. The summed E-state index contributed by atoms with van der Waals surface area (Å²) >= 11 is 0. The van der Waals surface area contributed by atoms with Crippen molar-refractivity contribution in [2.75, 3.05) is 26.2 Å². The molecule has 0 aliphatic carbocycles. The molecule has 2 atom stereocenters. The molecule has 2 heterocycles. The van der Waals surface area contributed by atoms with Gasteiger partial charge in [-0.05, 0) is 43.6 Å². The van der Waals surface area contributed by atoms with Crippen molar-refractivity contribution in [1.82, 2.24) is 4.90 Å². The third-order valence-electron chi connectivity index (χ3n) is 5.35. The van der Waals surface area contributed by atoms with E-state index in [-0.39, 0.29) is 41.6 Å². The van der Waals surface area contributed by atoms with Crippen molar-refractivity contribution < 1.29 is 29.6 Å². The van der Waals surface area contributed by atoms with Crippen molar-refractivity contribution in [2.24, 2.45) is 0 Å². The number of β-amino-alcohol motifs (C(OH)–C–C–N with tert-alkyl or cyclic N) is 1. The molecule has 1 saturated heterocycles. The van der Waals surface area contributed by atoms with Crippen LogP contribution >= 0.6 is 0 Å². The fourth-order valence-corrected chi connectivity index (χ4v) is 3.88. The molecule has 154 valence electrons. The SMILES string of the molecule is O=C1CC(c2ccc(O)cc2)Oc2cc(OCC(O)CN3CCCC3)cc(O)c21. The van der Waals surface area contributed by atoms with E-state index in [2.05, 4.69) is 4.90 Å². The number of phenols is 2. The minimum Gasteiger partial charge on any atom is -0.508 e. The summed E-state index contributed by atoms with van der Waals surface area (Å²) in [7, 11) is 0. The summed E-state index contributed by atoms with van der Waals surface area (Å²) < 4.78 is 11.6. The molecule has 0 aromatic heterocycles. The summed E-state index contributed by atoms with van der Waals surface area (Å²) in [6.07, 6.45) is 1.25. The lowest BCUT2D eigenvalue weighted by Crippen LogP contribution is -2.33. The highest BCUT2D eigenvalue weighted by Gasteiger charge is 2.31. The molecule has 4 rings (SSSR count). The van der Waals surface area contributed by atoms with Crippen molar-refractivity contribution >= 4 is 5.78 Å². The number of rotatable bonds is 6. The molecule has 0 saturated carbocycles. The minimum absolute atomic E-state index is 0.0874. The monoisotopic (exact) mass is 399 g/mol. The van der Waals surface area contributed by atoms with Gasteiger partial charge in [0.15, 0.2) is 5.78 Å². The van der Waals surface area contributed by atoms with E-state index in [4.69, 9.17) is 9.47 Å². The number of aromatic hydroxyl groups is 2. The fraction of sp³-hybridized carbons (Fsp3) is 0.409. The van der Waals surface area contributed by atoms with Crippen LogP contribution in [-0.4, -0.2) is 58.3 Å². The molecule has 3 N–H and O–H groups in total. The first-order chi connectivity index (χ1) is 14.0. The molecule has 7 heteroatoms. The van der Waals surface area contributed by atoms with Gasteiger partial charge in [-0.3, -0.25) is 4.79 Å². The number of aliphatic hydroxyl groups excluding tert-OH is 1. The van der Waals surface area contributed by atoms with Crippen LogP contribution in [0, 0.1) is 0 Å². The maximum absolute atomic E-state index is 12.6. The molecule has 7 nitrogen and oxygen atoms in total. The molecular formula is C22H25NO6.